The summed E-state index contributed by atoms with van der Waals surface area (Å²) in [5.41, 5.74) is 1.55. The van der Waals surface area contributed by atoms with E-state index >= 15 is 0 Å². The molecule has 6 nitrogen and oxygen atoms in total. The van der Waals surface area contributed by atoms with Gasteiger partial charge in [-0.3, -0.25) is 9.78 Å². The Labute approximate surface area is 145 Å². The molecule has 2 aromatic heterocycles. The van der Waals surface area contributed by atoms with Crippen molar-refractivity contribution >= 4 is 17.4 Å². The number of pyridine rings is 2. The highest BCUT2D eigenvalue weighted by molar-refractivity contribution is 5.91. The lowest BCUT2D eigenvalue weighted by Crippen LogP contribution is -2.20. The Morgan fingerprint density at radius 1 is 0.960 bits per heavy atom. The van der Waals surface area contributed by atoms with Gasteiger partial charge in [0, 0.05) is 6.20 Å². The molecule has 2 heterocycles. The first-order valence-electron chi connectivity index (χ1n) is 7.87. The molecule has 0 saturated carbocycles. The number of amides is 1. The largest absolute Gasteiger partial charge is 0.484 e. The number of benzene rings is 1. The summed E-state index contributed by atoms with van der Waals surface area (Å²) in [6.45, 7) is 0.536. The van der Waals surface area contributed by atoms with Crippen molar-refractivity contribution in [3.05, 3.63) is 78.8 Å². The van der Waals surface area contributed by atoms with Gasteiger partial charge >= 0.3 is 0 Å². The summed E-state index contributed by atoms with van der Waals surface area (Å²) < 4.78 is 5.40. The van der Waals surface area contributed by atoms with Crippen LogP contribution < -0.4 is 15.4 Å². The van der Waals surface area contributed by atoms with Crippen LogP contribution in [0.1, 0.15) is 5.69 Å². The lowest BCUT2D eigenvalue weighted by molar-refractivity contribution is -0.118. The van der Waals surface area contributed by atoms with Crippen LogP contribution in [0.15, 0.2) is 73.1 Å². The Balaban J connectivity index is 1.46. The highest BCUT2D eigenvalue weighted by atomic mass is 16.5. The SMILES string of the molecule is O=C(COc1ccccc1)Nc1ccc(NCc2ccccn2)nc1. The lowest BCUT2D eigenvalue weighted by atomic mass is 10.3. The minimum Gasteiger partial charge on any atom is -0.484 e. The average molecular weight is 334 g/mol. The van der Waals surface area contributed by atoms with E-state index in [1.165, 1.54) is 0 Å². The molecule has 1 aromatic carbocycles. The standard InChI is InChI=1S/C19H18N4O2/c24-19(14-25-17-7-2-1-3-8-17)23-16-9-10-18(22-13-16)21-12-15-6-4-5-11-20-15/h1-11,13H,12,14H2,(H,21,22)(H,23,24). The van der Waals surface area contributed by atoms with E-state index in [0.29, 0.717) is 23.8 Å². The third-order valence-corrected chi connectivity index (χ3v) is 3.34. The molecule has 0 aliphatic rings. The molecule has 0 bridgehead atoms. The van der Waals surface area contributed by atoms with E-state index in [2.05, 4.69) is 20.6 Å². The van der Waals surface area contributed by atoms with E-state index in [-0.39, 0.29) is 12.5 Å². The van der Waals surface area contributed by atoms with Crippen LogP contribution >= 0.6 is 0 Å². The van der Waals surface area contributed by atoms with Gasteiger partial charge in [0.05, 0.1) is 24.1 Å². The molecule has 0 saturated heterocycles. The average Bonchev–Trinajstić information content (AvgIpc) is 2.67. The molecule has 2 N–H and O–H groups in total. The number of aromatic nitrogens is 2. The van der Waals surface area contributed by atoms with Crippen molar-refractivity contribution in [2.45, 2.75) is 6.54 Å². The second-order valence-corrected chi connectivity index (χ2v) is 5.26. The van der Waals surface area contributed by atoms with Gasteiger partial charge in [-0.05, 0) is 36.4 Å². The summed E-state index contributed by atoms with van der Waals surface area (Å²) in [5, 5.41) is 5.92. The molecular weight excluding hydrogens is 316 g/mol. The van der Waals surface area contributed by atoms with Gasteiger partial charge in [-0.25, -0.2) is 4.98 Å². The van der Waals surface area contributed by atoms with Crippen molar-refractivity contribution in [3.8, 4) is 5.75 Å². The summed E-state index contributed by atoms with van der Waals surface area (Å²) in [7, 11) is 0. The zero-order valence-corrected chi connectivity index (χ0v) is 13.6. The van der Waals surface area contributed by atoms with Crippen LogP contribution in [0.25, 0.3) is 0 Å². The molecule has 3 aromatic rings. The Morgan fingerprint density at radius 3 is 2.52 bits per heavy atom. The third-order valence-electron chi connectivity index (χ3n) is 3.34. The minimum absolute atomic E-state index is 0.0519. The van der Waals surface area contributed by atoms with Gasteiger partial charge in [-0.15, -0.1) is 0 Å². The minimum atomic E-state index is -0.236. The number of carbonyl (C=O) groups is 1. The number of anilines is 2. The molecule has 0 atom stereocenters. The number of carbonyl (C=O) groups excluding carboxylic acids is 1. The van der Waals surface area contributed by atoms with E-state index in [1.807, 2.05) is 36.4 Å². The van der Waals surface area contributed by atoms with Crippen molar-refractivity contribution in [3.63, 3.8) is 0 Å². The van der Waals surface area contributed by atoms with Gasteiger partial charge in [0.25, 0.3) is 5.91 Å². The second-order valence-electron chi connectivity index (χ2n) is 5.26. The van der Waals surface area contributed by atoms with E-state index in [9.17, 15) is 4.79 Å². The Bertz CT molecular complexity index is 793. The Morgan fingerprint density at radius 2 is 1.80 bits per heavy atom. The summed E-state index contributed by atoms with van der Waals surface area (Å²) in [6.07, 6.45) is 3.35. The molecule has 25 heavy (non-hydrogen) atoms. The number of hydrogen-bond acceptors (Lipinski definition) is 5. The summed E-state index contributed by atoms with van der Waals surface area (Å²) in [5.74, 6) is 1.13. The zero-order chi connectivity index (χ0) is 17.3. The first-order chi connectivity index (χ1) is 12.3. The maximum absolute atomic E-state index is 11.9. The van der Waals surface area contributed by atoms with Crippen LogP contribution in [0.4, 0.5) is 11.5 Å². The van der Waals surface area contributed by atoms with Crippen LogP contribution in [0.5, 0.6) is 5.75 Å². The highest BCUT2D eigenvalue weighted by Gasteiger charge is 2.04. The van der Waals surface area contributed by atoms with E-state index in [0.717, 1.165) is 5.69 Å². The van der Waals surface area contributed by atoms with Crippen molar-refractivity contribution in [2.75, 3.05) is 17.2 Å². The van der Waals surface area contributed by atoms with Gasteiger partial charge in [0.15, 0.2) is 6.61 Å². The van der Waals surface area contributed by atoms with Crippen molar-refractivity contribution in [1.82, 2.24) is 9.97 Å². The van der Waals surface area contributed by atoms with Gasteiger partial charge in [0.2, 0.25) is 0 Å². The smallest absolute Gasteiger partial charge is 0.262 e. The summed E-state index contributed by atoms with van der Waals surface area (Å²) in [4.78, 5) is 20.4. The molecule has 0 aliphatic carbocycles. The maximum Gasteiger partial charge on any atom is 0.262 e. The summed E-state index contributed by atoms with van der Waals surface area (Å²) in [6, 6.07) is 18.5. The van der Waals surface area contributed by atoms with Gasteiger partial charge < -0.3 is 15.4 Å². The third kappa shape index (κ3) is 5.31. The number of nitrogens with zero attached hydrogens (tertiary/aromatic N) is 2. The fourth-order valence-electron chi connectivity index (χ4n) is 2.12. The molecule has 0 spiro atoms. The summed E-state index contributed by atoms with van der Waals surface area (Å²) >= 11 is 0. The molecule has 0 radical (unpaired) electrons. The van der Waals surface area contributed by atoms with Crippen molar-refractivity contribution in [1.29, 1.82) is 0 Å². The van der Waals surface area contributed by atoms with E-state index < -0.39 is 0 Å². The van der Waals surface area contributed by atoms with Crippen molar-refractivity contribution in [2.24, 2.45) is 0 Å². The first-order valence-corrected chi connectivity index (χ1v) is 7.87. The maximum atomic E-state index is 11.9. The highest BCUT2D eigenvalue weighted by Crippen LogP contribution is 2.11. The fraction of sp³-hybridized carbons (Fsp3) is 0.105. The Kier molecular flexibility index (Phi) is 5.56. The lowest BCUT2D eigenvalue weighted by Gasteiger charge is -2.08. The zero-order valence-electron chi connectivity index (χ0n) is 13.6. The number of hydrogen-bond donors (Lipinski definition) is 2. The number of para-hydroxylation sites is 1. The first kappa shape index (κ1) is 16.4. The van der Waals surface area contributed by atoms with Gasteiger partial charge in [-0.1, -0.05) is 24.3 Å². The molecule has 0 aliphatic heterocycles. The topological polar surface area (TPSA) is 76.1 Å². The van der Waals surface area contributed by atoms with Crippen molar-refractivity contribution < 1.29 is 9.53 Å². The molecule has 0 unspecified atom stereocenters. The van der Waals surface area contributed by atoms with E-state index in [1.54, 1.807) is 36.7 Å². The quantitative estimate of drug-likeness (QED) is 0.694. The molecule has 3 rings (SSSR count). The predicted molar refractivity (Wildman–Crippen MR) is 96.4 cm³/mol. The van der Waals surface area contributed by atoms with Crippen LogP contribution in [0.3, 0.4) is 0 Å². The molecule has 1 amide bonds. The van der Waals surface area contributed by atoms with Crippen LogP contribution in [-0.2, 0) is 11.3 Å². The second kappa shape index (κ2) is 8.44. The van der Waals surface area contributed by atoms with Crippen LogP contribution in [0, 0.1) is 0 Å². The fourth-order valence-corrected chi connectivity index (χ4v) is 2.12. The van der Waals surface area contributed by atoms with Gasteiger partial charge in [0.1, 0.15) is 11.6 Å². The van der Waals surface area contributed by atoms with Gasteiger partial charge in [-0.2, -0.15) is 0 Å². The van der Waals surface area contributed by atoms with Crippen LogP contribution in [-0.4, -0.2) is 22.5 Å². The number of ether oxygens (including phenoxy) is 1. The van der Waals surface area contributed by atoms with Crippen LogP contribution in [0.2, 0.25) is 0 Å². The molecule has 6 heteroatoms. The Hall–Kier alpha value is -3.41. The number of rotatable bonds is 7. The molecule has 0 fully saturated rings. The van der Waals surface area contributed by atoms with E-state index in [4.69, 9.17) is 4.74 Å². The number of nitrogens with one attached hydrogen (secondary N) is 2. The molecular formula is C19H18N4O2. The molecule has 126 valence electrons. The monoisotopic (exact) mass is 334 g/mol. The predicted octanol–water partition coefficient (Wildman–Crippen LogP) is 3.11. The normalized spacial score (nSPS) is 10.1.